The second kappa shape index (κ2) is 5.00. The molecule has 1 atom stereocenters. The minimum atomic E-state index is -4.43. The number of carbonyl (C=O) groups is 1. The summed E-state index contributed by atoms with van der Waals surface area (Å²) in [5.41, 5.74) is 0. The SMILES string of the molecule is O=C(Nc1ccn(CC(F)(F)F)n1)C1CC(F)(F)CN1. The van der Waals surface area contributed by atoms with Gasteiger partial charge in [-0.05, 0) is 0 Å². The van der Waals surface area contributed by atoms with Crippen molar-refractivity contribution in [2.75, 3.05) is 11.9 Å². The van der Waals surface area contributed by atoms with Crippen molar-refractivity contribution in [3.8, 4) is 0 Å². The number of nitrogens with one attached hydrogen (secondary N) is 2. The third-order valence-electron chi connectivity index (χ3n) is 2.66. The Morgan fingerprint density at radius 3 is 2.80 bits per heavy atom. The Kier molecular flexibility index (Phi) is 3.67. The molecule has 1 unspecified atom stereocenters. The number of alkyl halides is 5. The molecule has 0 aromatic carbocycles. The fourth-order valence-corrected chi connectivity index (χ4v) is 1.81. The van der Waals surface area contributed by atoms with Gasteiger partial charge in [-0.1, -0.05) is 0 Å². The molecule has 1 aromatic rings. The van der Waals surface area contributed by atoms with Gasteiger partial charge in [0.15, 0.2) is 5.82 Å². The van der Waals surface area contributed by atoms with Crippen LogP contribution in [0.4, 0.5) is 27.8 Å². The third kappa shape index (κ3) is 3.89. The largest absolute Gasteiger partial charge is 0.408 e. The van der Waals surface area contributed by atoms with Gasteiger partial charge in [0, 0.05) is 18.7 Å². The van der Waals surface area contributed by atoms with E-state index in [0.717, 1.165) is 12.3 Å². The van der Waals surface area contributed by atoms with Gasteiger partial charge >= 0.3 is 6.18 Å². The van der Waals surface area contributed by atoms with Gasteiger partial charge in [-0.2, -0.15) is 18.3 Å². The predicted octanol–water partition coefficient (Wildman–Crippen LogP) is 1.38. The van der Waals surface area contributed by atoms with E-state index in [4.69, 9.17) is 0 Å². The molecular formula is C10H11F5N4O. The van der Waals surface area contributed by atoms with Crippen molar-refractivity contribution < 1.29 is 26.7 Å². The van der Waals surface area contributed by atoms with E-state index in [1.165, 1.54) is 0 Å². The molecule has 5 nitrogen and oxygen atoms in total. The average molecular weight is 298 g/mol. The molecule has 2 rings (SSSR count). The van der Waals surface area contributed by atoms with Crippen molar-refractivity contribution in [3.63, 3.8) is 0 Å². The van der Waals surface area contributed by atoms with E-state index in [1.807, 2.05) is 0 Å². The number of amides is 1. The van der Waals surface area contributed by atoms with Crippen LogP contribution in [-0.2, 0) is 11.3 Å². The number of carbonyl (C=O) groups excluding carboxylic acids is 1. The molecule has 0 saturated carbocycles. The molecule has 2 N–H and O–H groups in total. The smallest absolute Gasteiger partial charge is 0.308 e. The van der Waals surface area contributed by atoms with Crippen molar-refractivity contribution in [1.29, 1.82) is 0 Å². The quantitative estimate of drug-likeness (QED) is 0.829. The van der Waals surface area contributed by atoms with Crippen LogP contribution in [0.1, 0.15) is 6.42 Å². The van der Waals surface area contributed by atoms with E-state index in [0.29, 0.717) is 4.68 Å². The average Bonchev–Trinajstić information content (AvgIpc) is 2.83. The van der Waals surface area contributed by atoms with Crippen LogP contribution in [0, 0.1) is 0 Å². The highest BCUT2D eigenvalue weighted by atomic mass is 19.4. The van der Waals surface area contributed by atoms with Crippen molar-refractivity contribution in [3.05, 3.63) is 12.3 Å². The number of hydrogen-bond acceptors (Lipinski definition) is 3. The van der Waals surface area contributed by atoms with E-state index in [1.54, 1.807) is 0 Å². The number of halogens is 5. The first-order valence-electron chi connectivity index (χ1n) is 5.67. The summed E-state index contributed by atoms with van der Waals surface area (Å²) in [4.78, 5) is 11.6. The monoisotopic (exact) mass is 298 g/mol. The number of aromatic nitrogens is 2. The number of hydrogen-bond donors (Lipinski definition) is 2. The Hall–Kier alpha value is -1.71. The van der Waals surface area contributed by atoms with Crippen molar-refractivity contribution in [2.24, 2.45) is 0 Å². The first-order chi connectivity index (χ1) is 9.15. The van der Waals surface area contributed by atoms with Crippen molar-refractivity contribution in [1.82, 2.24) is 15.1 Å². The minimum absolute atomic E-state index is 0.115. The molecule has 1 aliphatic rings. The van der Waals surface area contributed by atoms with Crippen molar-refractivity contribution >= 4 is 11.7 Å². The lowest BCUT2D eigenvalue weighted by atomic mass is 10.2. The second-order valence-electron chi connectivity index (χ2n) is 4.50. The summed E-state index contributed by atoms with van der Waals surface area (Å²) in [6.07, 6.45) is -4.04. The van der Waals surface area contributed by atoms with E-state index in [2.05, 4.69) is 15.7 Å². The van der Waals surface area contributed by atoms with Crippen LogP contribution in [0.2, 0.25) is 0 Å². The van der Waals surface area contributed by atoms with Gasteiger partial charge in [-0.25, -0.2) is 8.78 Å². The molecule has 20 heavy (non-hydrogen) atoms. The number of rotatable bonds is 3. The van der Waals surface area contributed by atoms with E-state index in [9.17, 15) is 26.7 Å². The molecule has 0 aliphatic carbocycles. The van der Waals surface area contributed by atoms with Crippen LogP contribution < -0.4 is 10.6 Å². The standard InChI is InChI=1S/C10H11F5N4O/c11-9(12)3-6(16-4-9)8(20)17-7-1-2-19(18-7)5-10(13,14)15/h1-2,6,16H,3-5H2,(H,17,18,20). The highest BCUT2D eigenvalue weighted by molar-refractivity contribution is 5.94. The van der Waals surface area contributed by atoms with E-state index < -0.39 is 43.6 Å². The topological polar surface area (TPSA) is 59.0 Å². The Bertz CT molecular complexity index is 498. The second-order valence-corrected chi connectivity index (χ2v) is 4.50. The van der Waals surface area contributed by atoms with Gasteiger partial charge in [0.05, 0.1) is 12.6 Å². The normalized spacial score (nSPS) is 21.9. The zero-order chi connectivity index (χ0) is 15.0. The zero-order valence-electron chi connectivity index (χ0n) is 10.0. The van der Waals surface area contributed by atoms with Gasteiger partial charge < -0.3 is 5.32 Å². The van der Waals surface area contributed by atoms with Gasteiger partial charge in [0.25, 0.3) is 5.92 Å². The van der Waals surface area contributed by atoms with Crippen LogP contribution in [0.5, 0.6) is 0 Å². The minimum Gasteiger partial charge on any atom is -0.308 e. The van der Waals surface area contributed by atoms with Gasteiger partial charge in [0.1, 0.15) is 6.54 Å². The Labute approximate surface area is 110 Å². The summed E-state index contributed by atoms with van der Waals surface area (Å²) in [6.45, 7) is -1.89. The summed E-state index contributed by atoms with van der Waals surface area (Å²) >= 11 is 0. The fraction of sp³-hybridized carbons (Fsp3) is 0.600. The molecule has 1 saturated heterocycles. The molecule has 112 valence electrons. The van der Waals surface area contributed by atoms with Gasteiger partial charge in [-0.3, -0.25) is 14.8 Å². The number of nitrogens with zero attached hydrogens (tertiary/aromatic N) is 2. The molecule has 1 fully saturated rings. The van der Waals surface area contributed by atoms with Crippen LogP contribution >= 0.6 is 0 Å². The molecule has 0 radical (unpaired) electrons. The lowest BCUT2D eigenvalue weighted by molar-refractivity contribution is -0.142. The summed E-state index contributed by atoms with van der Waals surface area (Å²) in [7, 11) is 0. The molecule has 0 spiro atoms. The van der Waals surface area contributed by atoms with Crippen LogP contribution in [0.15, 0.2) is 12.3 Å². The Morgan fingerprint density at radius 2 is 2.25 bits per heavy atom. The predicted molar refractivity (Wildman–Crippen MR) is 58.3 cm³/mol. The summed E-state index contributed by atoms with van der Waals surface area (Å²) in [5, 5.41) is 8.02. The number of anilines is 1. The highest BCUT2D eigenvalue weighted by Crippen LogP contribution is 2.25. The zero-order valence-corrected chi connectivity index (χ0v) is 10.0. The maximum Gasteiger partial charge on any atom is 0.408 e. The molecule has 10 heteroatoms. The first-order valence-corrected chi connectivity index (χ1v) is 5.67. The summed E-state index contributed by atoms with van der Waals surface area (Å²) in [6, 6.07) is 0.0780. The van der Waals surface area contributed by atoms with Gasteiger partial charge in [0.2, 0.25) is 5.91 Å². The lowest BCUT2D eigenvalue weighted by Gasteiger charge is -2.09. The van der Waals surface area contributed by atoms with E-state index in [-0.39, 0.29) is 5.82 Å². The molecule has 1 aliphatic heterocycles. The first kappa shape index (κ1) is 14.7. The lowest BCUT2D eigenvalue weighted by Crippen LogP contribution is -2.35. The Balaban J connectivity index is 1.92. The summed E-state index contributed by atoms with van der Waals surface area (Å²) in [5.74, 6) is -3.83. The maximum atomic E-state index is 12.9. The molecular weight excluding hydrogens is 287 g/mol. The van der Waals surface area contributed by atoms with Crippen LogP contribution in [0.3, 0.4) is 0 Å². The van der Waals surface area contributed by atoms with Crippen molar-refractivity contribution in [2.45, 2.75) is 31.1 Å². The van der Waals surface area contributed by atoms with Crippen LogP contribution in [0.25, 0.3) is 0 Å². The maximum absolute atomic E-state index is 12.9. The molecule has 1 aromatic heterocycles. The van der Waals surface area contributed by atoms with Crippen LogP contribution in [-0.4, -0.2) is 40.4 Å². The highest BCUT2D eigenvalue weighted by Gasteiger charge is 2.42. The summed E-state index contributed by atoms with van der Waals surface area (Å²) < 4.78 is 62.7. The van der Waals surface area contributed by atoms with E-state index >= 15 is 0 Å². The Morgan fingerprint density at radius 1 is 1.55 bits per heavy atom. The third-order valence-corrected chi connectivity index (χ3v) is 2.66. The molecule has 1 amide bonds. The fourth-order valence-electron chi connectivity index (χ4n) is 1.81. The molecule has 0 bridgehead atoms. The molecule has 2 heterocycles. The van der Waals surface area contributed by atoms with Gasteiger partial charge in [-0.15, -0.1) is 0 Å².